The summed E-state index contributed by atoms with van der Waals surface area (Å²) in [6.07, 6.45) is -0.0685. The van der Waals surface area contributed by atoms with Crippen LogP contribution >= 0.6 is 0 Å². The fourth-order valence-electron chi connectivity index (χ4n) is 2.37. The molecule has 3 atom stereocenters. The van der Waals surface area contributed by atoms with E-state index in [2.05, 4.69) is 9.76 Å². The summed E-state index contributed by atoms with van der Waals surface area (Å²) in [5.74, 6) is -1.04. The maximum atomic E-state index is 12.0. The van der Waals surface area contributed by atoms with Gasteiger partial charge in [0.25, 0.3) is 5.91 Å². The molecule has 21 heavy (non-hydrogen) atoms. The summed E-state index contributed by atoms with van der Waals surface area (Å²) in [4.78, 5) is 30.1. The molecule has 11 nitrogen and oxygen atoms in total. The molecule has 0 aliphatic carbocycles. The Morgan fingerprint density at radius 2 is 2.24 bits per heavy atom. The molecule has 0 aromatic heterocycles. The van der Waals surface area contributed by atoms with E-state index in [4.69, 9.17) is 15.1 Å². The molecule has 2 heterocycles. The molecule has 2 aliphatic heterocycles. The van der Waals surface area contributed by atoms with Gasteiger partial charge in [0, 0.05) is 19.5 Å². The Morgan fingerprint density at radius 1 is 1.52 bits per heavy atom. The number of nitrogens with zero attached hydrogens (tertiary/aromatic N) is 2. The molecular weight excluding hydrogens is 308 g/mol. The molecule has 0 aromatic carbocycles. The number of hydroxylamine groups is 3. The molecule has 0 radical (unpaired) electrons. The van der Waals surface area contributed by atoms with Gasteiger partial charge in [-0.05, 0) is 0 Å². The van der Waals surface area contributed by atoms with Gasteiger partial charge < -0.3 is 5.73 Å². The summed E-state index contributed by atoms with van der Waals surface area (Å²) < 4.78 is 34.5. The highest BCUT2D eigenvalue weighted by atomic mass is 32.3. The van der Waals surface area contributed by atoms with Crippen molar-refractivity contribution in [2.75, 3.05) is 26.4 Å². The van der Waals surface area contributed by atoms with Crippen LogP contribution in [0, 0.1) is 0 Å². The topological polar surface area (TPSA) is 151 Å². The van der Waals surface area contributed by atoms with Crippen molar-refractivity contribution in [3.8, 4) is 0 Å². The van der Waals surface area contributed by atoms with Gasteiger partial charge in [0.15, 0.2) is 11.8 Å². The molecule has 2 rings (SSSR count). The number of carbonyl (C=O) groups excluding carboxylic acids is 2. The monoisotopic (exact) mass is 324 g/mol. The zero-order valence-corrected chi connectivity index (χ0v) is 11.8. The number of nitrogens with one attached hydrogen (secondary N) is 1. The molecule has 120 valence electrons. The minimum Gasteiger partial charge on any atom is -0.328 e. The van der Waals surface area contributed by atoms with Gasteiger partial charge in [-0.1, -0.05) is 0 Å². The van der Waals surface area contributed by atoms with Gasteiger partial charge >= 0.3 is 10.4 Å². The third kappa shape index (κ3) is 3.94. The van der Waals surface area contributed by atoms with E-state index in [0.717, 1.165) is 5.06 Å². The van der Waals surface area contributed by atoms with Crippen LogP contribution in [0.2, 0.25) is 0 Å². The first-order valence-electron chi connectivity index (χ1n) is 6.14. The zero-order chi connectivity index (χ0) is 15.6. The molecule has 1 amide bonds. The smallest absolute Gasteiger partial charge is 0.328 e. The van der Waals surface area contributed by atoms with Crippen LogP contribution in [0.15, 0.2) is 0 Å². The standard InChI is InChI=1S/C9H16N4O7S/c10-1-2-19-11-9(15)8-7(14)3-6-4-12(8)5-13(6)20-21(16,17)18/h6,8H,1-5,10H2,(H,11,15)(H,16,17,18). The third-order valence-corrected chi connectivity index (χ3v) is 3.49. The second-order valence-electron chi connectivity index (χ2n) is 4.66. The van der Waals surface area contributed by atoms with E-state index in [0.29, 0.717) is 0 Å². The van der Waals surface area contributed by atoms with Crippen LogP contribution < -0.4 is 11.2 Å². The van der Waals surface area contributed by atoms with Gasteiger partial charge in [0.05, 0.1) is 19.3 Å². The lowest BCUT2D eigenvalue weighted by Gasteiger charge is -2.28. The number of hydrogen-bond acceptors (Lipinski definition) is 9. The Labute approximate surface area is 120 Å². The Morgan fingerprint density at radius 3 is 2.86 bits per heavy atom. The lowest BCUT2D eigenvalue weighted by Crippen LogP contribution is -2.54. The van der Waals surface area contributed by atoms with Crippen molar-refractivity contribution in [2.45, 2.75) is 18.5 Å². The van der Waals surface area contributed by atoms with Crippen LogP contribution in [0.1, 0.15) is 6.42 Å². The number of Topliss-reactive ketones (excluding diaryl/α,β-unsaturated/α-hetero) is 1. The Bertz CT molecular complexity index is 524. The Hall–Kier alpha value is -1.15. The second-order valence-corrected chi connectivity index (χ2v) is 5.67. The summed E-state index contributed by atoms with van der Waals surface area (Å²) in [5.41, 5.74) is 7.32. The molecule has 12 heteroatoms. The molecule has 2 saturated heterocycles. The van der Waals surface area contributed by atoms with Crippen molar-refractivity contribution in [1.29, 1.82) is 0 Å². The van der Waals surface area contributed by atoms with Gasteiger partial charge in [-0.2, -0.15) is 17.8 Å². The second kappa shape index (κ2) is 6.31. The van der Waals surface area contributed by atoms with Gasteiger partial charge in [-0.15, -0.1) is 0 Å². The molecule has 0 spiro atoms. The van der Waals surface area contributed by atoms with Crippen LogP contribution in [0.25, 0.3) is 0 Å². The number of ketones is 1. The van der Waals surface area contributed by atoms with Gasteiger partial charge in [0.1, 0.15) is 0 Å². The average Bonchev–Trinajstić information content (AvgIpc) is 2.64. The first kappa shape index (κ1) is 16.2. The largest absolute Gasteiger partial charge is 0.413 e. The first-order valence-corrected chi connectivity index (χ1v) is 7.50. The maximum Gasteiger partial charge on any atom is 0.413 e. The van der Waals surface area contributed by atoms with Gasteiger partial charge in [-0.3, -0.25) is 23.9 Å². The summed E-state index contributed by atoms with van der Waals surface area (Å²) in [6, 6.07) is -1.62. The summed E-state index contributed by atoms with van der Waals surface area (Å²) in [5, 5.41) is 0.960. The molecule has 3 unspecified atom stereocenters. The maximum absolute atomic E-state index is 12.0. The quantitative estimate of drug-likeness (QED) is 0.200. The fraction of sp³-hybridized carbons (Fsp3) is 0.778. The minimum absolute atomic E-state index is 0.0685. The summed E-state index contributed by atoms with van der Waals surface area (Å²) in [7, 11) is -4.67. The Kier molecular flexibility index (Phi) is 4.88. The van der Waals surface area contributed by atoms with E-state index in [1.54, 1.807) is 0 Å². The van der Waals surface area contributed by atoms with E-state index < -0.39 is 28.4 Å². The fourth-order valence-corrected chi connectivity index (χ4v) is 2.78. The normalized spacial score (nSPS) is 29.6. The number of nitrogens with two attached hydrogens (primary N) is 1. The number of fused-ring (bicyclic) bond motifs is 2. The van der Waals surface area contributed by atoms with Crippen molar-refractivity contribution in [3.63, 3.8) is 0 Å². The highest BCUT2D eigenvalue weighted by molar-refractivity contribution is 7.80. The number of amides is 1. The Balaban J connectivity index is 2.00. The predicted octanol–water partition coefficient (Wildman–Crippen LogP) is -2.99. The van der Waals surface area contributed by atoms with Gasteiger partial charge in [0.2, 0.25) is 0 Å². The van der Waals surface area contributed by atoms with E-state index in [1.807, 2.05) is 0 Å². The van der Waals surface area contributed by atoms with E-state index >= 15 is 0 Å². The number of carbonyl (C=O) groups is 2. The van der Waals surface area contributed by atoms with E-state index in [9.17, 15) is 18.0 Å². The predicted molar refractivity (Wildman–Crippen MR) is 66.4 cm³/mol. The SMILES string of the molecule is NCCONC(=O)C1C(=O)CC2CN1CN2OS(=O)(=O)O. The van der Waals surface area contributed by atoms with Crippen molar-refractivity contribution < 1.29 is 31.7 Å². The molecule has 4 N–H and O–H groups in total. The minimum atomic E-state index is -4.67. The third-order valence-electron chi connectivity index (χ3n) is 3.11. The number of piperidine rings is 1. The molecule has 0 aromatic rings. The summed E-state index contributed by atoms with van der Waals surface area (Å²) >= 11 is 0. The highest BCUT2D eigenvalue weighted by Gasteiger charge is 2.48. The lowest BCUT2D eigenvalue weighted by atomic mass is 9.99. The average molecular weight is 324 g/mol. The molecule has 2 fully saturated rings. The molecule has 2 aliphatic rings. The van der Waals surface area contributed by atoms with Crippen molar-refractivity contribution in [1.82, 2.24) is 15.4 Å². The van der Waals surface area contributed by atoms with Crippen molar-refractivity contribution in [2.24, 2.45) is 5.73 Å². The van der Waals surface area contributed by atoms with Crippen molar-refractivity contribution in [3.05, 3.63) is 0 Å². The number of rotatable bonds is 6. The molecule has 0 saturated carbocycles. The number of hydrogen-bond donors (Lipinski definition) is 3. The zero-order valence-electron chi connectivity index (χ0n) is 11.0. The van der Waals surface area contributed by atoms with Crippen LogP contribution in [-0.4, -0.2) is 73.1 Å². The van der Waals surface area contributed by atoms with Crippen LogP contribution in [0.5, 0.6) is 0 Å². The van der Waals surface area contributed by atoms with E-state index in [1.165, 1.54) is 4.90 Å². The lowest BCUT2D eigenvalue weighted by molar-refractivity contribution is -0.145. The molecule has 2 bridgehead atoms. The summed E-state index contributed by atoms with van der Waals surface area (Å²) in [6.45, 7) is 0.468. The highest BCUT2D eigenvalue weighted by Crippen LogP contribution is 2.26. The van der Waals surface area contributed by atoms with Crippen LogP contribution in [0.4, 0.5) is 0 Å². The van der Waals surface area contributed by atoms with E-state index in [-0.39, 0.29) is 38.6 Å². The van der Waals surface area contributed by atoms with Crippen LogP contribution in [0.3, 0.4) is 0 Å². The van der Waals surface area contributed by atoms with Crippen molar-refractivity contribution >= 4 is 22.1 Å². The van der Waals surface area contributed by atoms with Crippen LogP contribution in [-0.2, 0) is 29.1 Å². The molecular formula is C9H16N4O7S. The van der Waals surface area contributed by atoms with Gasteiger partial charge in [-0.25, -0.2) is 5.48 Å². The first-order chi connectivity index (χ1) is 9.81.